The van der Waals surface area contributed by atoms with Crippen molar-refractivity contribution in [2.45, 2.75) is 52.6 Å². The van der Waals surface area contributed by atoms with Crippen LogP contribution in [0.3, 0.4) is 0 Å². The van der Waals surface area contributed by atoms with Crippen LogP contribution in [0.5, 0.6) is 0 Å². The van der Waals surface area contributed by atoms with E-state index in [1.54, 1.807) is 0 Å². The first kappa shape index (κ1) is 13.2. The first-order valence-corrected chi connectivity index (χ1v) is 8.04. The smallest absolute Gasteiger partial charge is 0.254 e. The molecule has 0 unspecified atom stereocenters. The summed E-state index contributed by atoms with van der Waals surface area (Å²) in [6, 6.07) is 6.09. The van der Waals surface area contributed by atoms with Crippen molar-refractivity contribution in [2.24, 2.45) is 16.7 Å². The summed E-state index contributed by atoms with van der Waals surface area (Å²) in [7, 11) is 0. The van der Waals surface area contributed by atoms with E-state index in [0.29, 0.717) is 18.0 Å². The van der Waals surface area contributed by atoms with Gasteiger partial charge in [-0.25, -0.2) is 0 Å². The molecule has 2 fully saturated rings. The topological polar surface area (TPSA) is 46.3 Å². The SMILES string of the molecule is CC1(C)[C@@H]2CC[C@@]1(C)[C@H](N1Cc3c(N)cccc3C1=O)C2. The number of nitrogens with two attached hydrogens (primary N) is 1. The van der Waals surface area contributed by atoms with Crippen LogP contribution in [0.25, 0.3) is 0 Å². The summed E-state index contributed by atoms with van der Waals surface area (Å²) in [5, 5.41) is 0. The van der Waals surface area contributed by atoms with Gasteiger partial charge in [-0.05, 0) is 48.1 Å². The number of nitrogen functional groups attached to an aromatic ring is 1. The van der Waals surface area contributed by atoms with Gasteiger partial charge in [-0.3, -0.25) is 4.79 Å². The highest BCUT2D eigenvalue weighted by molar-refractivity contribution is 6.00. The van der Waals surface area contributed by atoms with Crippen molar-refractivity contribution in [1.82, 2.24) is 4.90 Å². The van der Waals surface area contributed by atoms with Gasteiger partial charge in [0.15, 0.2) is 0 Å². The van der Waals surface area contributed by atoms with Crippen molar-refractivity contribution in [3.8, 4) is 0 Å². The minimum atomic E-state index is 0.187. The molecule has 1 aromatic carbocycles. The molecule has 3 heteroatoms. The minimum absolute atomic E-state index is 0.187. The Morgan fingerprint density at radius 3 is 2.62 bits per heavy atom. The average Bonchev–Trinajstić information content (AvgIpc) is 2.95. The van der Waals surface area contributed by atoms with Gasteiger partial charge in [0.05, 0.1) is 0 Å². The van der Waals surface area contributed by atoms with Gasteiger partial charge in [-0.2, -0.15) is 0 Å². The largest absolute Gasteiger partial charge is 0.398 e. The molecule has 112 valence electrons. The van der Waals surface area contributed by atoms with E-state index >= 15 is 0 Å². The van der Waals surface area contributed by atoms with Crippen molar-refractivity contribution < 1.29 is 4.79 Å². The van der Waals surface area contributed by atoms with E-state index in [1.165, 1.54) is 12.8 Å². The molecule has 3 atom stereocenters. The third kappa shape index (κ3) is 1.42. The molecule has 2 N–H and O–H groups in total. The van der Waals surface area contributed by atoms with Crippen LogP contribution in [0.1, 0.15) is 56.0 Å². The Morgan fingerprint density at radius 1 is 1.29 bits per heavy atom. The quantitative estimate of drug-likeness (QED) is 0.803. The monoisotopic (exact) mass is 284 g/mol. The van der Waals surface area contributed by atoms with Crippen LogP contribution in [0.2, 0.25) is 0 Å². The molecule has 0 radical (unpaired) electrons. The molecule has 0 spiro atoms. The fraction of sp³-hybridized carbons (Fsp3) is 0.611. The number of amides is 1. The Bertz CT molecular complexity index is 636. The van der Waals surface area contributed by atoms with Crippen LogP contribution in [-0.4, -0.2) is 16.8 Å². The highest BCUT2D eigenvalue weighted by Gasteiger charge is 2.63. The predicted molar refractivity (Wildman–Crippen MR) is 83.7 cm³/mol. The number of fused-ring (bicyclic) bond motifs is 3. The lowest BCUT2D eigenvalue weighted by Crippen LogP contribution is -2.47. The van der Waals surface area contributed by atoms with Gasteiger partial charge in [-0.1, -0.05) is 26.8 Å². The normalized spacial score (nSPS) is 36.3. The minimum Gasteiger partial charge on any atom is -0.398 e. The van der Waals surface area contributed by atoms with Crippen LogP contribution in [-0.2, 0) is 6.54 Å². The number of hydrogen-bond acceptors (Lipinski definition) is 2. The fourth-order valence-corrected chi connectivity index (χ4v) is 5.26. The number of benzene rings is 1. The summed E-state index contributed by atoms with van der Waals surface area (Å²) >= 11 is 0. The Balaban J connectivity index is 1.72. The Hall–Kier alpha value is -1.51. The molecule has 0 saturated heterocycles. The summed E-state index contributed by atoms with van der Waals surface area (Å²) < 4.78 is 0. The molecule has 1 heterocycles. The molecule has 2 saturated carbocycles. The molecule has 2 aliphatic carbocycles. The van der Waals surface area contributed by atoms with Crippen LogP contribution in [0.15, 0.2) is 18.2 Å². The lowest BCUT2D eigenvalue weighted by molar-refractivity contribution is 0.0341. The Morgan fingerprint density at radius 2 is 2.05 bits per heavy atom. The molecular formula is C18H24N2O. The number of rotatable bonds is 1. The van der Waals surface area contributed by atoms with Crippen molar-refractivity contribution in [1.29, 1.82) is 0 Å². The number of carbonyl (C=O) groups is 1. The van der Waals surface area contributed by atoms with Crippen molar-refractivity contribution in [3.63, 3.8) is 0 Å². The van der Waals surface area contributed by atoms with E-state index in [0.717, 1.165) is 29.2 Å². The lowest BCUT2D eigenvalue weighted by atomic mass is 9.69. The molecule has 3 nitrogen and oxygen atoms in total. The van der Waals surface area contributed by atoms with Gasteiger partial charge in [0.25, 0.3) is 5.91 Å². The summed E-state index contributed by atoms with van der Waals surface area (Å²) in [5.74, 6) is 0.938. The van der Waals surface area contributed by atoms with Gasteiger partial charge >= 0.3 is 0 Å². The fourth-order valence-electron chi connectivity index (χ4n) is 5.26. The van der Waals surface area contributed by atoms with Gasteiger partial charge in [0, 0.05) is 29.4 Å². The van der Waals surface area contributed by atoms with Gasteiger partial charge in [0.2, 0.25) is 0 Å². The van der Waals surface area contributed by atoms with Crippen LogP contribution in [0, 0.1) is 16.7 Å². The van der Waals surface area contributed by atoms with Gasteiger partial charge < -0.3 is 10.6 Å². The summed E-state index contributed by atoms with van der Waals surface area (Å²) in [5.41, 5.74) is 9.26. The number of carbonyl (C=O) groups excluding carboxylic acids is 1. The van der Waals surface area contributed by atoms with Crippen LogP contribution >= 0.6 is 0 Å². The molecule has 3 aliphatic rings. The second-order valence-electron chi connectivity index (χ2n) is 7.93. The zero-order valence-corrected chi connectivity index (χ0v) is 13.1. The highest BCUT2D eigenvalue weighted by Crippen LogP contribution is 2.67. The van der Waals surface area contributed by atoms with Gasteiger partial charge in [-0.15, -0.1) is 0 Å². The summed E-state index contributed by atoms with van der Waals surface area (Å²) in [6.07, 6.45) is 3.71. The van der Waals surface area contributed by atoms with Crippen molar-refractivity contribution in [3.05, 3.63) is 29.3 Å². The maximum absolute atomic E-state index is 12.8. The third-order valence-corrected chi connectivity index (χ3v) is 7.16. The molecule has 2 bridgehead atoms. The Kier molecular flexibility index (Phi) is 2.40. The zero-order chi connectivity index (χ0) is 15.0. The van der Waals surface area contributed by atoms with Crippen LogP contribution in [0.4, 0.5) is 5.69 Å². The maximum Gasteiger partial charge on any atom is 0.254 e. The van der Waals surface area contributed by atoms with E-state index in [9.17, 15) is 4.79 Å². The molecule has 21 heavy (non-hydrogen) atoms. The predicted octanol–water partition coefficient (Wildman–Crippen LogP) is 3.44. The molecule has 4 rings (SSSR count). The van der Waals surface area contributed by atoms with E-state index in [-0.39, 0.29) is 11.3 Å². The summed E-state index contributed by atoms with van der Waals surface area (Å²) in [6.45, 7) is 7.88. The van der Waals surface area contributed by atoms with E-state index in [2.05, 4.69) is 25.7 Å². The van der Waals surface area contributed by atoms with Gasteiger partial charge in [0.1, 0.15) is 0 Å². The number of anilines is 1. The number of nitrogens with zero attached hydrogens (tertiary/aromatic N) is 1. The molecule has 1 aliphatic heterocycles. The standard InChI is InChI=1S/C18H24N2O/c1-17(2)11-7-8-18(17,3)15(9-11)20-10-13-12(16(20)21)5-4-6-14(13)19/h4-6,11,15H,7-10,19H2,1-3H3/t11-,15-,18+/m1/s1. The molecule has 0 aromatic heterocycles. The first-order valence-electron chi connectivity index (χ1n) is 8.04. The molecule has 1 amide bonds. The zero-order valence-electron chi connectivity index (χ0n) is 13.1. The maximum atomic E-state index is 12.8. The first-order chi connectivity index (χ1) is 9.86. The average molecular weight is 284 g/mol. The van der Waals surface area contributed by atoms with E-state index < -0.39 is 0 Å². The van der Waals surface area contributed by atoms with Crippen molar-refractivity contribution in [2.75, 3.05) is 5.73 Å². The van der Waals surface area contributed by atoms with E-state index in [1.807, 2.05) is 18.2 Å². The summed E-state index contributed by atoms with van der Waals surface area (Å²) in [4.78, 5) is 14.9. The van der Waals surface area contributed by atoms with Crippen LogP contribution < -0.4 is 5.73 Å². The highest BCUT2D eigenvalue weighted by atomic mass is 16.2. The molecule has 1 aromatic rings. The van der Waals surface area contributed by atoms with Crippen molar-refractivity contribution >= 4 is 11.6 Å². The molecular weight excluding hydrogens is 260 g/mol. The second-order valence-corrected chi connectivity index (χ2v) is 7.93. The lowest BCUT2D eigenvalue weighted by Gasteiger charge is -2.43. The Labute approximate surface area is 126 Å². The van der Waals surface area contributed by atoms with E-state index in [4.69, 9.17) is 5.73 Å². The second kappa shape index (κ2) is 3.82. The third-order valence-electron chi connectivity index (χ3n) is 7.16. The number of hydrogen-bond donors (Lipinski definition) is 1.